The molecule has 0 amide bonds. The summed E-state index contributed by atoms with van der Waals surface area (Å²) in [4.78, 5) is 0. The largest absolute Gasteiger partial charge is 0.395 e. The Hall–Kier alpha value is -1.06. The van der Waals surface area contributed by atoms with Crippen LogP contribution in [0.15, 0.2) is 48.5 Å². The van der Waals surface area contributed by atoms with Crippen LogP contribution in [0.1, 0.15) is 24.1 Å². The van der Waals surface area contributed by atoms with E-state index < -0.39 is 0 Å². The third-order valence-electron chi connectivity index (χ3n) is 3.47. The molecular weight excluding hydrogens is 305 g/mol. The molecule has 0 spiro atoms. The third kappa shape index (κ3) is 4.72. The van der Waals surface area contributed by atoms with Crippen LogP contribution in [0.2, 0.25) is 10.0 Å². The van der Waals surface area contributed by atoms with Crippen molar-refractivity contribution < 1.29 is 5.11 Å². The lowest BCUT2D eigenvalue weighted by Crippen LogP contribution is -2.36. The quantitative estimate of drug-likeness (QED) is 0.833. The zero-order chi connectivity index (χ0) is 15.2. The van der Waals surface area contributed by atoms with E-state index in [-0.39, 0.29) is 18.7 Å². The Morgan fingerprint density at radius 1 is 1.05 bits per heavy atom. The van der Waals surface area contributed by atoms with Gasteiger partial charge in [-0.05, 0) is 36.6 Å². The molecule has 2 aromatic rings. The van der Waals surface area contributed by atoms with Gasteiger partial charge in [0.1, 0.15) is 0 Å². The van der Waals surface area contributed by atoms with E-state index in [1.54, 1.807) is 6.07 Å². The lowest BCUT2D eigenvalue weighted by atomic mass is 10.0. The Kier molecular flexibility index (Phi) is 6.07. The molecule has 2 rings (SSSR count). The second kappa shape index (κ2) is 7.81. The first-order chi connectivity index (χ1) is 10.1. The zero-order valence-electron chi connectivity index (χ0n) is 11.9. The van der Waals surface area contributed by atoms with Crippen LogP contribution >= 0.6 is 23.2 Å². The molecule has 0 radical (unpaired) electrons. The van der Waals surface area contributed by atoms with Crippen LogP contribution < -0.4 is 5.32 Å². The molecule has 0 aromatic heterocycles. The number of benzene rings is 2. The molecule has 112 valence electrons. The highest BCUT2D eigenvalue weighted by Gasteiger charge is 2.14. The molecule has 0 heterocycles. The first-order valence-corrected chi connectivity index (χ1v) is 7.71. The summed E-state index contributed by atoms with van der Waals surface area (Å²) in [5.41, 5.74) is 2.25. The Morgan fingerprint density at radius 2 is 1.76 bits per heavy atom. The van der Waals surface area contributed by atoms with Crippen molar-refractivity contribution in [3.63, 3.8) is 0 Å². The Balaban J connectivity index is 2.02. The van der Waals surface area contributed by atoms with Gasteiger partial charge in [-0.15, -0.1) is 0 Å². The molecule has 0 saturated carbocycles. The van der Waals surface area contributed by atoms with Gasteiger partial charge in [0.05, 0.1) is 16.7 Å². The van der Waals surface area contributed by atoms with Crippen molar-refractivity contribution in [1.29, 1.82) is 0 Å². The van der Waals surface area contributed by atoms with E-state index in [9.17, 15) is 5.11 Å². The van der Waals surface area contributed by atoms with E-state index in [0.717, 1.165) is 12.0 Å². The Bertz CT molecular complexity index is 574. The average Bonchev–Trinajstić information content (AvgIpc) is 2.50. The molecule has 0 bridgehead atoms. The van der Waals surface area contributed by atoms with Crippen LogP contribution in [0.25, 0.3) is 0 Å². The first-order valence-electron chi connectivity index (χ1n) is 6.96. The maximum Gasteiger partial charge on any atom is 0.0595 e. The maximum atomic E-state index is 9.57. The summed E-state index contributed by atoms with van der Waals surface area (Å²) in [6, 6.07) is 15.8. The van der Waals surface area contributed by atoms with Crippen LogP contribution in [-0.2, 0) is 6.42 Å². The van der Waals surface area contributed by atoms with E-state index in [2.05, 4.69) is 17.4 Å². The van der Waals surface area contributed by atoms with Gasteiger partial charge in [-0.25, -0.2) is 0 Å². The maximum absolute atomic E-state index is 9.57. The average molecular weight is 324 g/mol. The molecule has 21 heavy (non-hydrogen) atoms. The summed E-state index contributed by atoms with van der Waals surface area (Å²) in [5, 5.41) is 14.1. The summed E-state index contributed by atoms with van der Waals surface area (Å²) < 4.78 is 0. The first kappa shape index (κ1) is 16.3. The molecule has 0 aliphatic carbocycles. The molecule has 1 unspecified atom stereocenters. The summed E-state index contributed by atoms with van der Waals surface area (Å²) in [6.07, 6.45) is 0.781. The van der Waals surface area contributed by atoms with Crippen LogP contribution in [0, 0.1) is 0 Å². The van der Waals surface area contributed by atoms with Crippen LogP contribution in [-0.4, -0.2) is 17.8 Å². The fraction of sp³-hybridized carbons (Fsp3) is 0.294. The van der Waals surface area contributed by atoms with Gasteiger partial charge >= 0.3 is 0 Å². The van der Waals surface area contributed by atoms with Crippen LogP contribution in [0.3, 0.4) is 0 Å². The number of rotatable bonds is 6. The van der Waals surface area contributed by atoms with E-state index >= 15 is 0 Å². The number of halogens is 2. The second-order valence-electron chi connectivity index (χ2n) is 5.13. The number of aliphatic hydroxyl groups is 1. The lowest BCUT2D eigenvalue weighted by Gasteiger charge is -2.22. The predicted octanol–water partition coefficient (Wildman–Crippen LogP) is 4.25. The van der Waals surface area contributed by atoms with Gasteiger partial charge in [-0.1, -0.05) is 59.6 Å². The number of aliphatic hydroxyl groups excluding tert-OH is 1. The van der Waals surface area contributed by atoms with Gasteiger partial charge in [0.2, 0.25) is 0 Å². The molecule has 2 nitrogen and oxygen atoms in total. The van der Waals surface area contributed by atoms with Crippen molar-refractivity contribution in [3.8, 4) is 0 Å². The van der Waals surface area contributed by atoms with E-state index in [4.69, 9.17) is 23.2 Å². The van der Waals surface area contributed by atoms with Crippen molar-refractivity contribution in [2.75, 3.05) is 6.61 Å². The van der Waals surface area contributed by atoms with Gasteiger partial charge in [0.25, 0.3) is 0 Å². The molecule has 0 aliphatic rings. The smallest absolute Gasteiger partial charge is 0.0595 e. The highest BCUT2D eigenvalue weighted by molar-refractivity contribution is 6.42. The van der Waals surface area contributed by atoms with E-state index in [1.807, 2.05) is 37.3 Å². The van der Waals surface area contributed by atoms with Crippen molar-refractivity contribution >= 4 is 23.2 Å². The minimum absolute atomic E-state index is 0.00291. The van der Waals surface area contributed by atoms with Gasteiger partial charge in [0, 0.05) is 12.1 Å². The summed E-state index contributed by atoms with van der Waals surface area (Å²) in [6.45, 7) is 2.13. The number of nitrogens with one attached hydrogen (secondary N) is 1. The molecule has 0 saturated heterocycles. The SMILES string of the molecule is CC(N[C@H](CO)Cc1ccccc1)c1ccc(Cl)c(Cl)c1. The minimum atomic E-state index is -0.00291. The van der Waals surface area contributed by atoms with Gasteiger partial charge in [-0.2, -0.15) is 0 Å². The lowest BCUT2D eigenvalue weighted by molar-refractivity contribution is 0.232. The third-order valence-corrected chi connectivity index (χ3v) is 4.21. The molecule has 2 atom stereocenters. The van der Waals surface area contributed by atoms with Crippen molar-refractivity contribution in [2.45, 2.75) is 25.4 Å². The molecule has 0 fully saturated rings. The topological polar surface area (TPSA) is 32.3 Å². The van der Waals surface area contributed by atoms with Gasteiger partial charge < -0.3 is 10.4 Å². The van der Waals surface area contributed by atoms with E-state index in [1.165, 1.54) is 5.56 Å². The molecular formula is C17H19Cl2NO. The normalized spacial score (nSPS) is 13.9. The van der Waals surface area contributed by atoms with E-state index in [0.29, 0.717) is 10.0 Å². The van der Waals surface area contributed by atoms with Crippen LogP contribution in [0.5, 0.6) is 0 Å². The number of hydrogen-bond acceptors (Lipinski definition) is 2. The molecule has 2 aromatic carbocycles. The Labute approximate surface area is 135 Å². The second-order valence-corrected chi connectivity index (χ2v) is 5.95. The Morgan fingerprint density at radius 3 is 2.38 bits per heavy atom. The standard InChI is InChI=1S/C17H19Cl2NO/c1-12(14-7-8-16(18)17(19)10-14)20-15(11-21)9-13-5-3-2-4-6-13/h2-8,10,12,15,20-21H,9,11H2,1H3/t12?,15-/m0/s1. The molecule has 2 N–H and O–H groups in total. The summed E-state index contributed by atoms with van der Waals surface area (Å²) in [5.74, 6) is 0. The fourth-order valence-corrected chi connectivity index (χ4v) is 2.61. The van der Waals surface area contributed by atoms with Crippen molar-refractivity contribution in [1.82, 2.24) is 5.32 Å². The summed E-state index contributed by atoms with van der Waals surface area (Å²) in [7, 11) is 0. The van der Waals surface area contributed by atoms with Crippen molar-refractivity contribution in [3.05, 3.63) is 69.7 Å². The van der Waals surface area contributed by atoms with Crippen molar-refractivity contribution in [2.24, 2.45) is 0 Å². The molecule has 4 heteroatoms. The number of hydrogen-bond donors (Lipinski definition) is 2. The highest BCUT2D eigenvalue weighted by atomic mass is 35.5. The predicted molar refractivity (Wildman–Crippen MR) is 89.0 cm³/mol. The monoisotopic (exact) mass is 323 g/mol. The van der Waals surface area contributed by atoms with Gasteiger partial charge in [0.15, 0.2) is 0 Å². The van der Waals surface area contributed by atoms with Crippen LogP contribution in [0.4, 0.5) is 0 Å². The highest BCUT2D eigenvalue weighted by Crippen LogP contribution is 2.25. The fourth-order valence-electron chi connectivity index (χ4n) is 2.31. The minimum Gasteiger partial charge on any atom is -0.395 e. The summed E-state index contributed by atoms with van der Waals surface area (Å²) >= 11 is 12.0. The molecule has 0 aliphatic heterocycles. The zero-order valence-corrected chi connectivity index (χ0v) is 13.4. The van der Waals surface area contributed by atoms with Gasteiger partial charge in [-0.3, -0.25) is 0 Å².